The number of thiazole rings is 1. The highest BCUT2D eigenvalue weighted by atomic mass is 32.1. The number of hydrogen-bond donors (Lipinski definition) is 0. The zero-order chi connectivity index (χ0) is 13.0. The van der Waals surface area contributed by atoms with Crippen molar-refractivity contribution in [3.05, 3.63) is 50.5 Å². The summed E-state index contributed by atoms with van der Waals surface area (Å²) < 4.78 is 5.34. The number of aromatic nitrogens is 1. The van der Waals surface area contributed by atoms with E-state index in [1.807, 2.05) is 6.07 Å². The summed E-state index contributed by atoms with van der Waals surface area (Å²) in [6.07, 6.45) is 0. The van der Waals surface area contributed by atoms with Crippen LogP contribution in [0.1, 0.15) is 11.3 Å². The lowest BCUT2D eigenvalue weighted by atomic mass is 10.2. The molecule has 6 nitrogen and oxygen atoms in total. The summed E-state index contributed by atoms with van der Waals surface area (Å²) in [6.45, 7) is 0.163. The van der Waals surface area contributed by atoms with E-state index in [9.17, 15) is 10.1 Å². The van der Waals surface area contributed by atoms with Crippen LogP contribution in [0.4, 0.5) is 5.69 Å². The Labute approximate surface area is 106 Å². The molecule has 0 spiro atoms. The number of benzene rings is 1. The van der Waals surface area contributed by atoms with E-state index in [1.54, 1.807) is 10.9 Å². The summed E-state index contributed by atoms with van der Waals surface area (Å²) in [5, 5.41) is 21.3. The summed E-state index contributed by atoms with van der Waals surface area (Å²) in [5.74, 6) is 0.131. The number of ether oxygens (including phenoxy) is 1. The van der Waals surface area contributed by atoms with Crippen molar-refractivity contribution in [3.63, 3.8) is 0 Å². The van der Waals surface area contributed by atoms with Crippen molar-refractivity contribution < 1.29 is 9.66 Å². The van der Waals surface area contributed by atoms with Crippen molar-refractivity contribution in [3.8, 4) is 11.8 Å². The highest BCUT2D eigenvalue weighted by molar-refractivity contribution is 7.07. The molecule has 7 heteroatoms. The number of nitro benzene ring substituents is 1. The molecule has 0 aliphatic carbocycles. The minimum Gasteiger partial charge on any atom is -0.480 e. The average molecular weight is 261 g/mol. The maximum Gasteiger partial charge on any atom is 0.312 e. The summed E-state index contributed by atoms with van der Waals surface area (Å²) in [5.41, 5.74) is 2.37. The predicted octanol–water partition coefficient (Wildman–Crippen LogP) is 2.50. The fourth-order valence-electron chi connectivity index (χ4n) is 1.31. The zero-order valence-electron chi connectivity index (χ0n) is 9.07. The number of hydrogen-bond acceptors (Lipinski definition) is 6. The molecule has 2 aromatic rings. The van der Waals surface area contributed by atoms with Gasteiger partial charge in [-0.3, -0.25) is 10.1 Å². The third-order valence-corrected chi connectivity index (χ3v) is 2.78. The molecule has 0 aliphatic heterocycles. The first-order chi connectivity index (χ1) is 8.70. The van der Waals surface area contributed by atoms with Crippen molar-refractivity contribution in [1.82, 2.24) is 4.98 Å². The molecule has 0 saturated heterocycles. The monoisotopic (exact) mass is 261 g/mol. The van der Waals surface area contributed by atoms with E-state index in [-0.39, 0.29) is 23.6 Å². The van der Waals surface area contributed by atoms with Crippen LogP contribution in [0.25, 0.3) is 0 Å². The van der Waals surface area contributed by atoms with Crippen LogP contribution in [0.3, 0.4) is 0 Å². The molecule has 1 aromatic heterocycles. The topological polar surface area (TPSA) is 89.0 Å². The van der Waals surface area contributed by atoms with Gasteiger partial charge in [-0.05, 0) is 12.1 Å². The molecule has 0 saturated carbocycles. The van der Waals surface area contributed by atoms with Gasteiger partial charge in [-0.15, -0.1) is 11.3 Å². The molecule has 1 heterocycles. The molecule has 90 valence electrons. The maximum atomic E-state index is 10.9. The standard InChI is InChI=1S/C11H7N3O3S/c12-4-8-1-2-11(10(3-8)14(15)16)17-5-9-6-18-7-13-9/h1-3,6-7H,5H2. The van der Waals surface area contributed by atoms with E-state index < -0.39 is 4.92 Å². The summed E-state index contributed by atoms with van der Waals surface area (Å²) in [7, 11) is 0. The van der Waals surface area contributed by atoms with E-state index in [2.05, 4.69) is 4.98 Å². The van der Waals surface area contributed by atoms with Gasteiger partial charge in [-0.25, -0.2) is 4.98 Å². The van der Waals surface area contributed by atoms with Crippen molar-refractivity contribution in [1.29, 1.82) is 5.26 Å². The molecule has 18 heavy (non-hydrogen) atoms. The molecule has 0 fully saturated rings. The number of nitriles is 1. The van der Waals surface area contributed by atoms with Crippen molar-refractivity contribution >= 4 is 17.0 Å². The Morgan fingerprint density at radius 1 is 1.56 bits per heavy atom. The number of nitro groups is 1. The van der Waals surface area contributed by atoms with Gasteiger partial charge >= 0.3 is 5.69 Å². The zero-order valence-corrected chi connectivity index (χ0v) is 9.88. The van der Waals surface area contributed by atoms with Crippen LogP contribution in [0.15, 0.2) is 29.1 Å². The van der Waals surface area contributed by atoms with Gasteiger partial charge in [0.05, 0.1) is 27.8 Å². The van der Waals surface area contributed by atoms with Gasteiger partial charge in [-0.1, -0.05) is 0 Å². The molecule has 0 atom stereocenters. The van der Waals surface area contributed by atoms with Crippen molar-refractivity contribution in [2.45, 2.75) is 6.61 Å². The SMILES string of the molecule is N#Cc1ccc(OCc2cscn2)c([N+](=O)[O-])c1. The van der Waals surface area contributed by atoms with E-state index in [0.717, 1.165) is 0 Å². The number of rotatable bonds is 4. The Morgan fingerprint density at radius 3 is 3.00 bits per heavy atom. The minimum absolute atomic E-state index is 0.131. The smallest absolute Gasteiger partial charge is 0.312 e. The Balaban J connectivity index is 2.22. The van der Waals surface area contributed by atoms with E-state index >= 15 is 0 Å². The van der Waals surface area contributed by atoms with Gasteiger partial charge in [0, 0.05) is 11.4 Å². The van der Waals surface area contributed by atoms with Crippen molar-refractivity contribution in [2.24, 2.45) is 0 Å². The summed E-state index contributed by atoms with van der Waals surface area (Å²) >= 11 is 1.42. The molecular weight excluding hydrogens is 254 g/mol. The lowest BCUT2D eigenvalue weighted by Gasteiger charge is -2.05. The first kappa shape index (κ1) is 12.0. The van der Waals surface area contributed by atoms with Gasteiger partial charge in [0.1, 0.15) is 6.61 Å². The van der Waals surface area contributed by atoms with E-state index in [4.69, 9.17) is 10.00 Å². The maximum absolute atomic E-state index is 10.9. The first-order valence-corrected chi connectivity index (χ1v) is 5.83. The molecule has 0 unspecified atom stereocenters. The van der Waals surface area contributed by atoms with Gasteiger partial charge in [0.2, 0.25) is 0 Å². The molecule has 0 amide bonds. The molecule has 0 aliphatic rings. The Kier molecular flexibility index (Phi) is 3.50. The van der Waals surface area contributed by atoms with Crippen LogP contribution >= 0.6 is 11.3 Å². The van der Waals surface area contributed by atoms with Crippen LogP contribution in [0.2, 0.25) is 0 Å². The molecule has 1 aromatic carbocycles. The summed E-state index contributed by atoms with van der Waals surface area (Å²) in [4.78, 5) is 14.3. The number of nitrogens with zero attached hydrogens (tertiary/aromatic N) is 3. The van der Waals surface area contributed by atoms with Crippen LogP contribution in [0, 0.1) is 21.4 Å². The highest BCUT2D eigenvalue weighted by Crippen LogP contribution is 2.28. The lowest BCUT2D eigenvalue weighted by molar-refractivity contribution is -0.386. The largest absolute Gasteiger partial charge is 0.480 e. The third kappa shape index (κ3) is 2.61. The van der Waals surface area contributed by atoms with Crippen molar-refractivity contribution in [2.75, 3.05) is 0 Å². The highest BCUT2D eigenvalue weighted by Gasteiger charge is 2.16. The van der Waals surface area contributed by atoms with E-state index in [0.29, 0.717) is 5.69 Å². The summed E-state index contributed by atoms with van der Waals surface area (Å²) in [6, 6.07) is 5.93. The average Bonchev–Trinajstić information content (AvgIpc) is 2.89. The minimum atomic E-state index is -0.572. The lowest BCUT2D eigenvalue weighted by Crippen LogP contribution is -1.99. The second kappa shape index (κ2) is 5.25. The fourth-order valence-corrected chi connectivity index (χ4v) is 1.86. The third-order valence-electron chi connectivity index (χ3n) is 2.14. The fraction of sp³-hybridized carbons (Fsp3) is 0.0909. The second-order valence-corrected chi connectivity index (χ2v) is 4.04. The molecule has 0 N–H and O–H groups in total. The van der Waals surface area contributed by atoms with Gasteiger partial charge < -0.3 is 4.74 Å². The van der Waals surface area contributed by atoms with E-state index in [1.165, 1.54) is 29.5 Å². The van der Waals surface area contributed by atoms with Gasteiger partial charge in [-0.2, -0.15) is 5.26 Å². The van der Waals surface area contributed by atoms with Crippen LogP contribution < -0.4 is 4.74 Å². The van der Waals surface area contributed by atoms with Crippen LogP contribution in [-0.2, 0) is 6.61 Å². The molecule has 0 bridgehead atoms. The van der Waals surface area contributed by atoms with Crippen LogP contribution in [0.5, 0.6) is 5.75 Å². The molecule has 2 rings (SSSR count). The van der Waals surface area contributed by atoms with Gasteiger partial charge in [0.15, 0.2) is 5.75 Å². The quantitative estimate of drug-likeness (QED) is 0.623. The normalized spacial score (nSPS) is 9.72. The Morgan fingerprint density at radius 2 is 2.39 bits per heavy atom. The Hall–Kier alpha value is -2.46. The Bertz CT molecular complexity index is 604. The molecular formula is C11H7N3O3S. The predicted molar refractivity (Wildman–Crippen MR) is 64.3 cm³/mol. The van der Waals surface area contributed by atoms with Gasteiger partial charge in [0.25, 0.3) is 0 Å². The molecule has 0 radical (unpaired) electrons. The first-order valence-electron chi connectivity index (χ1n) is 4.89. The second-order valence-electron chi connectivity index (χ2n) is 3.32. The van der Waals surface area contributed by atoms with Crippen LogP contribution in [-0.4, -0.2) is 9.91 Å².